The molecule has 0 unspecified atom stereocenters. The van der Waals surface area contributed by atoms with Gasteiger partial charge in [0.25, 0.3) is 5.91 Å². The molecule has 0 bridgehead atoms. The van der Waals surface area contributed by atoms with Gasteiger partial charge in [-0.25, -0.2) is 15.0 Å². The lowest BCUT2D eigenvalue weighted by Gasteiger charge is -2.12. The van der Waals surface area contributed by atoms with Crippen LogP contribution in [0.2, 0.25) is 0 Å². The van der Waals surface area contributed by atoms with E-state index in [1.807, 2.05) is 68.4 Å². The number of nitrogens with one attached hydrogen (secondary N) is 3. The highest BCUT2D eigenvalue weighted by atomic mass is 16.5. The molecule has 2 aromatic carbocycles. The summed E-state index contributed by atoms with van der Waals surface area (Å²) >= 11 is 0. The van der Waals surface area contributed by atoms with E-state index in [0.717, 1.165) is 11.4 Å². The zero-order valence-corrected chi connectivity index (χ0v) is 18.6. The first-order valence-corrected chi connectivity index (χ1v) is 10.4. The number of nitrogens with zero attached hydrogens (tertiary/aromatic N) is 3. The molecule has 3 N–H and O–H groups in total. The minimum atomic E-state index is -0.293. The molecule has 8 heteroatoms. The first kappa shape index (κ1) is 21.8. The smallest absolute Gasteiger partial charge is 0.261 e. The topological polar surface area (TPSA) is 101 Å². The van der Waals surface area contributed by atoms with Crippen molar-refractivity contribution in [1.29, 1.82) is 0 Å². The van der Waals surface area contributed by atoms with Crippen molar-refractivity contribution in [2.75, 3.05) is 23.1 Å². The van der Waals surface area contributed by atoms with Crippen molar-refractivity contribution in [3.05, 3.63) is 89.9 Å². The van der Waals surface area contributed by atoms with E-state index in [9.17, 15) is 4.79 Å². The third kappa shape index (κ3) is 5.62. The van der Waals surface area contributed by atoms with Crippen molar-refractivity contribution in [2.24, 2.45) is 0 Å². The Morgan fingerprint density at radius 3 is 2.00 bits per heavy atom. The Balaban J connectivity index is 1.44. The normalized spacial score (nSPS) is 10.4. The summed E-state index contributed by atoms with van der Waals surface area (Å²) in [5.41, 5.74) is 3.99. The van der Waals surface area contributed by atoms with Gasteiger partial charge in [0.2, 0.25) is 5.88 Å². The first-order valence-electron chi connectivity index (χ1n) is 10.4. The van der Waals surface area contributed by atoms with E-state index in [1.54, 1.807) is 18.3 Å². The molecule has 0 aliphatic heterocycles. The van der Waals surface area contributed by atoms with E-state index in [0.29, 0.717) is 28.7 Å². The van der Waals surface area contributed by atoms with Crippen molar-refractivity contribution in [2.45, 2.75) is 13.8 Å². The van der Waals surface area contributed by atoms with E-state index < -0.39 is 0 Å². The van der Waals surface area contributed by atoms with Gasteiger partial charge in [-0.05, 0) is 62.4 Å². The van der Waals surface area contributed by atoms with Crippen LogP contribution in [0.3, 0.4) is 0 Å². The highest BCUT2D eigenvalue weighted by Gasteiger charge is 2.13. The summed E-state index contributed by atoms with van der Waals surface area (Å²) in [6, 6.07) is 20.6. The molecule has 2 aromatic heterocycles. The minimum absolute atomic E-state index is 0.280. The average Bonchev–Trinajstić information content (AvgIpc) is 2.81. The van der Waals surface area contributed by atoms with Gasteiger partial charge in [-0.15, -0.1) is 0 Å². The Labute approximate surface area is 192 Å². The van der Waals surface area contributed by atoms with Crippen LogP contribution >= 0.6 is 0 Å². The van der Waals surface area contributed by atoms with E-state index in [1.165, 1.54) is 12.7 Å². The molecule has 166 valence electrons. The summed E-state index contributed by atoms with van der Waals surface area (Å²) in [6.07, 6.45) is 1.58. The van der Waals surface area contributed by atoms with Gasteiger partial charge in [-0.2, -0.15) is 0 Å². The molecular weight excluding hydrogens is 416 g/mol. The summed E-state index contributed by atoms with van der Waals surface area (Å²) < 4.78 is 5.15. The highest BCUT2D eigenvalue weighted by molar-refractivity contribution is 6.05. The number of methoxy groups -OCH3 is 1. The molecule has 0 spiro atoms. The van der Waals surface area contributed by atoms with E-state index >= 15 is 0 Å². The van der Waals surface area contributed by atoms with Gasteiger partial charge in [-0.1, -0.05) is 17.7 Å². The number of anilines is 5. The number of benzene rings is 2. The lowest BCUT2D eigenvalue weighted by molar-refractivity contribution is 0.102. The standard InChI is InChI=1S/C25H24N6O2/c1-16-6-8-18(9-7-16)29-22-15-23(28-17(2)27-22)30-19-10-12-20(13-11-19)31-24(32)21-5-4-14-26-25(21)33-3/h4-15H,1-3H3,(H,31,32)(H2,27,28,29,30). The molecule has 4 aromatic rings. The molecule has 2 heterocycles. The summed E-state index contributed by atoms with van der Waals surface area (Å²) in [5, 5.41) is 9.43. The first-order chi connectivity index (χ1) is 16.0. The molecule has 0 aliphatic rings. The lowest BCUT2D eigenvalue weighted by Crippen LogP contribution is -2.13. The van der Waals surface area contributed by atoms with Gasteiger partial charge in [-0.3, -0.25) is 4.79 Å². The maximum absolute atomic E-state index is 12.5. The molecule has 0 saturated heterocycles. The number of carbonyl (C=O) groups is 1. The van der Waals surface area contributed by atoms with Crippen LogP contribution in [0.15, 0.2) is 72.9 Å². The second kappa shape index (κ2) is 9.78. The summed E-state index contributed by atoms with van der Waals surface area (Å²) in [5.74, 6) is 1.99. The molecule has 1 amide bonds. The van der Waals surface area contributed by atoms with Gasteiger partial charge < -0.3 is 20.7 Å². The Kier molecular flexibility index (Phi) is 6.45. The van der Waals surface area contributed by atoms with Gasteiger partial charge in [0, 0.05) is 29.3 Å². The minimum Gasteiger partial charge on any atom is -0.480 e. The van der Waals surface area contributed by atoms with Gasteiger partial charge >= 0.3 is 0 Å². The molecule has 0 aliphatic carbocycles. The molecule has 33 heavy (non-hydrogen) atoms. The molecule has 8 nitrogen and oxygen atoms in total. The van der Waals surface area contributed by atoms with Crippen molar-refractivity contribution >= 4 is 34.6 Å². The number of ether oxygens (including phenoxy) is 1. The van der Waals surface area contributed by atoms with E-state index in [2.05, 4.69) is 30.9 Å². The number of hydrogen-bond donors (Lipinski definition) is 3. The van der Waals surface area contributed by atoms with Crippen LogP contribution in [0.25, 0.3) is 0 Å². The summed E-state index contributed by atoms with van der Waals surface area (Å²) in [7, 11) is 1.48. The maximum Gasteiger partial charge on any atom is 0.261 e. The maximum atomic E-state index is 12.5. The van der Waals surface area contributed by atoms with Gasteiger partial charge in [0.1, 0.15) is 23.0 Å². The molecule has 0 saturated carbocycles. The number of rotatable bonds is 7. The molecule has 4 rings (SSSR count). The Morgan fingerprint density at radius 1 is 0.818 bits per heavy atom. The monoisotopic (exact) mass is 440 g/mol. The lowest BCUT2D eigenvalue weighted by atomic mass is 10.2. The predicted molar refractivity (Wildman–Crippen MR) is 130 cm³/mol. The summed E-state index contributed by atoms with van der Waals surface area (Å²) in [6.45, 7) is 3.89. The number of aromatic nitrogens is 3. The largest absolute Gasteiger partial charge is 0.480 e. The Bertz CT molecular complexity index is 1260. The second-order valence-corrected chi connectivity index (χ2v) is 7.39. The third-order valence-corrected chi connectivity index (χ3v) is 4.79. The van der Waals surface area contributed by atoms with Gasteiger partial charge in [0.15, 0.2) is 0 Å². The summed E-state index contributed by atoms with van der Waals surface area (Å²) in [4.78, 5) is 25.5. The number of carbonyl (C=O) groups excluding carboxylic acids is 1. The molecule has 0 fully saturated rings. The number of amides is 1. The Hall–Kier alpha value is -4.46. The fourth-order valence-corrected chi connectivity index (χ4v) is 3.19. The van der Waals surface area contributed by atoms with Crippen molar-refractivity contribution in [3.8, 4) is 5.88 Å². The average molecular weight is 441 g/mol. The predicted octanol–water partition coefficient (Wildman–Crippen LogP) is 5.24. The van der Waals surface area contributed by atoms with Crippen molar-refractivity contribution in [1.82, 2.24) is 15.0 Å². The van der Waals surface area contributed by atoms with Crippen LogP contribution in [-0.2, 0) is 0 Å². The number of aryl methyl sites for hydroxylation is 2. The highest BCUT2D eigenvalue weighted by Crippen LogP contribution is 2.23. The molecule has 0 radical (unpaired) electrons. The fourth-order valence-electron chi connectivity index (χ4n) is 3.19. The van der Waals surface area contributed by atoms with Crippen LogP contribution < -0.4 is 20.7 Å². The van der Waals surface area contributed by atoms with Crippen molar-refractivity contribution < 1.29 is 9.53 Å². The van der Waals surface area contributed by atoms with Crippen LogP contribution in [0.5, 0.6) is 5.88 Å². The van der Waals surface area contributed by atoms with Crippen LogP contribution in [0, 0.1) is 13.8 Å². The second-order valence-electron chi connectivity index (χ2n) is 7.39. The quantitative estimate of drug-likeness (QED) is 0.361. The van der Waals surface area contributed by atoms with E-state index in [-0.39, 0.29) is 11.8 Å². The number of pyridine rings is 1. The molecule has 0 atom stereocenters. The number of hydrogen-bond acceptors (Lipinski definition) is 7. The SMILES string of the molecule is COc1ncccc1C(=O)Nc1ccc(Nc2cc(Nc3ccc(C)cc3)nc(C)n2)cc1. The van der Waals surface area contributed by atoms with Crippen LogP contribution in [-0.4, -0.2) is 28.0 Å². The van der Waals surface area contributed by atoms with Crippen molar-refractivity contribution in [3.63, 3.8) is 0 Å². The van der Waals surface area contributed by atoms with Crippen LogP contribution in [0.4, 0.5) is 28.7 Å². The zero-order chi connectivity index (χ0) is 23.2. The fraction of sp³-hybridized carbons (Fsp3) is 0.120. The van der Waals surface area contributed by atoms with E-state index in [4.69, 9.17) is 4.74 Å². The van der Waals surface area contributed by atoms with Crippen LogP contribution in [0.1, 0.15) is 21.7 Å². The zero-order valence-electron chi connectivity index (χ0n) is 18.6. The molecular formula is C25H24N6O2. The van der Waals surface area contributed by atoms with Gasteiger partial charge in [0.05, 0.1) is 7.11 Å². The third-order valence-electron chi connectivity index (χ3n) is 4.79. The Morgan fingerprint density at radius 2 is 1.39 bits per heavy atom.